The molecule has 2 aromatic carbocycles. The molecule has 0 saturated carbocycles. The standard InChI is InChI=1S/C19H23N3O4S/c1-22(2)18-9-8-16(27(20,24)25)11-17(18)21-19(23)12-26-15-7-6-13-4-3-5-14(13)10-15/h6-11H,3-5,12H2,1-2H3,(H,21,23)(H2,20,24,25). The lowest BCUT2D eigenvalue weighted by Crippen LogP contribution is -2.23. The van der Waals surface area contributed by atoms with E-state index in [9.17, 15) is 13.2 Å². The molecule has 0 unspecified atom stereocenters. The number of anilines is 2. The summed E-state index contributed by atoms with van der Waals surface area (Å²) < 4.78 is 28.8. The Hall–Kier alpha value is -2.58. The van der Waals surface area contributed by atoms with Crippen molar-refractivity contribution >= 4 is 27.3 Å². The van der Waals surface area contributed by atoms with Crippen molar-refractivity contribution < 1.29 is 17.9 Å². The number of sulfonamides is 1. The maximum Gasteiger partial charge on any atom is 0.262 e. The molecule has 0 radical (unpaired) electrons. The van der Waals surface area contributed by atoms with Crippen LogP contribution >= 0.6 is 0 Å². The van der Waals surface area contributed by atoms with Crippen LogP contribution in [0.4, 0.5) is 11.4 Å². The number of nitrogens with zero attached hydrogens (tertiary/aromatic N) is 1. The second kappa shape index (κ2) is 7.58. The molecule has 7 nitrogen and oxygen atoms in total. The van der Waals surface area contributed by atoms with E-state index in [0.717, 1.165) is 19.3 Å². The fraction of sp³-hybridized carbons (Fsp3) is 0.316. The third-order valence-electron chi connectivity index (χ3n) is 4.49. The van der Waals surface area contributed by atoms with Crippen LogP contribution in [0.5, 0.6) is 5.75 Å². The van der Waals surface area contributed by atoms with Gasteiger partial charge in [0.15, 0.2) is 6.61 Å². The number of hydrogen-bond donors (Lipinski definition) is 2. The molecule has 2 aromatic rings. The second-order valence-electron chi connectivity index (χ2n) is 6.74. The molecule has 0 bridgehead atoms. The van der Waals surface area contributed by atoms with Gasteiger partial charge in [-0.3, -0.25) is 4.79 Å². The van der Waals surface area contributed by atoms with Gasteiger partial charge >= 0.3 is 0 Å². The molecule has 1 aliphatic rings. The Bertz CT molecular complexity index is 971. The number of nitrogens with one attached hydrogen (secondary N) is 1. The molecular formula is C19H23N3O4S. The van der Waals surface area contributed by atoms with Gasteiger partial charge < -0.3 is 15.0 Å². The average molecular weight is 389 g/mol. The monoisotopic (exact) mass is 389 g/mol. The lowest BCUT2D eigenvalue weighted by atomic mass is 10.1. The van der Waals surface area contributed by atoms with E-state index < -0.39 is 10.0 Å². The fourth-order valence-electron chi connectivity index (χ4n) is 3.16. The van der Waals surface area contributed by atoms with Gasteiger partial charge in [-0.25, -0.2) is 13.6 Å². The first-order valence-corrected chi connectivity index (χ1v) is 10.2. The van der Waals surface area contributed by atoms with E-state index in [-0.39, 0.29) is 17.4 Å². The number of carbonyl (C=O) groups excluding carboxylic acids is 1. The predicted molar refractivity (Wildman–Crippen MR) is 105 cm³/mol. The molecule has 0 heterocycles. The molecular weight excluding hydrogens is 366 g/mol. The molecule has 0 aliphatic heterocycles. The van der Waals surface area contributed by atoms with Gasteiger partial charge in [0.05, 0.1) is 16.3 Å². The molecule has 0 aromatic heterocycles. The van der Waals surface area contributed by atoms with Crippen molar-refractivity contribution in [1.82, 2.24) is 0 Å². The first-order valence-electron chi connectivity index (χ1n) is 8.62. The number of hydrogen-bond acceptors (Lipinski definition) is 5. The molecule has 27 heavy (non-hydrogen) atoms. The first kappa shape index (κ1) is 19.2. The zero-order valence-electron chi connectivity index (χ0n) is 15.4. The van der Waals surface area contributed by atoms with Crippen molar-refractivity contribution in [2.45, 2.75) is 24.2 Å². The maximum atomic E-state index is 12.3. The Labute approximate surface area is 159 Å². The van der Waals surface area contributed by atoms with Gasteiger partial charge in [0.25, 0.3) is 5.91 Å². The number of nitrogens with two attached hydrogens (primary N) is 1. The Morgan fingerprint density at radius 3 is 2.59 bits per heavy atom. The molecule has 0 fully saturated rings. The summed E-state index contributed by atoms with van der Waals surface area (Å²) in [5.74, 6) is 0.266. The van der Waals surface area contributed by atoms with Crippen LogP contribution in [0.25, 0.3) is 0 Å². The van der Waals surface area contributed by atoms with Crippen LogP contribution in [0.2, 0.25) is 0 Å². The highest BCUT2D eigenvalue weighted by Gasteiger charge is 2.16. The third-order valence-corrected chi connectivity index (χ3v) is 5.40. The number of amides is 1. The molecule has 144 valence electrons. The Morgan fingerprint density at radius 2 is 1.89 bits per heavy atom. The quantitative estimate of drug-likeness (QED) is 0.786. The lowest BCUT2D eigenvalue weighted by Gasteiger charge is -2.19. The first-order chi connectivity index (χ1) is 12.7. The smallest absolute Gasteiger partial charge is 0.262 e. The van der Waals surface area contributed by atoms with Crippen molar-refractivity contribution in [3.8, 4) is 5.75 Å². The summed E-state index contributed by atoms with van der Waals surface area (Å²) in [5.41, 5.74) is 3.62. The molecule has 0 spiro atoms. The second-order valence-corrected chi connectivity index (χ2v) is 8.30. The molecule has 0 saturated heterocycles. The number of carbonyl (C=O) groups is 1. The minimum Gasteiger partial charge on any atom is -0.484 e. The molecule has 3 rings (SSSR count). The highest BCUT2D eigenvalue weighted by molar-refractivity contribution is 7.89. The van der Waals surface area contributed by atoms with E-state index >= 15 is 0 Å². The van der Waals surface area contributed by atoms with Gasteiger partial charge in [0, 0.05) is 14.1 Å². The zero-order valence-corrected chi connectivity index (χ0v) is 16.2. The number of aryl methyl sites for hydroxylation is 2. The molecule has 8 heteroatoms. The normalized spacial score (nSPS) is 13.1. The summed E-state index contributed by atoms with van der Waals surface area (Å²) in [6.07, 6.45) is 3.27. The summed E-state index contributed by atoms with van der Waals surface area (Å²) in [4.78, 5) is 14.0. The van der Waals surface area contributed by atoms with E-state index in [1.165, 1.54) is 23.3 Å². The third kappa shape index (κ3) is 4.58. The topological polar surface area (TPSA) is 102 Å². The van der Waals surface area contributed by atoms with Crippen LogP contribution in [0.3, 0.4) is 0 Å². The summed E-state index contributed by atoms with van der Waals surface area (Å²) >= 11 is 0. The van der Waals surface area contributed by atoms with Crippen LogP contribution < -0.4 is 20.1 Å². The Kier molecular flexibility index (Phi) is 5.38. The molecule has 1 amide bonds. The van der Waals surface area contributed by atoms with E-state index in [4.69, 9.17) is 9.88 Å². The van der Waals surface area contributed by atoms with Gasteiger partial charge in [0.1, 0.15) is 5.75 Å². The average Bonchev–Trinajstić information content (AvgIpc) is 3.06. The maximum absolute atomic E-state index is 12.3. The van der Waals surface area contributed by atoms with Gasteiger partial charge in [-0.05, 0) is 60.7 Å². The zero-order chi connectivity index (χ0) is 19.6. The van der Waals surface area contributed by atoms with Crippen molar-refractivity contribution in [3.63, 3.8) is 0 Å². The Balaban J connectivity index is 1.71. The minimum atomic E-state index is -3.87. The SMILES string of the molecule is CN(C)c1ccc(S(N)(=O)=O)cc1NC(=O)COc1ccc2c(c1)CCC2. The number of benzene rings is 2. The molecule has 3 N–H and O–H groups in total. The summed E-state index contributed by atoms with van der Waals surface area (Å²) in [7, 11) is -0.277. The fourth-order valence-corrected chi connectivity index (χ4v) is 3.70. The number of rotatable bonds is 6. The van der Waals surface area contributed by atoms with Crippen LogP contribution in [0.1, 0.15) is 17.5 Å². The van der Waals surface area contributed by atoms with Gasteiger partial charge in [-0.1, -0.05) is 6.07 Å². The van der Waals surface area contributed by atoms with Crippen molar-refractivity contribution in [2.24, 2.45) is 5.14 Å². The van der Waals surface area contributed by atoms with Crippen molar-refractivity contribution in [1.29, 1.82) is 0 Å². The minimum absolute atomic E-state index is 0.0667. The van der Waals surface area contributed by atoms with Crippen molar-refractivity contribution in [3.05, 3.63) is 47.5 Å². The number of fused-ring (bicyclic) bond motifs is 1. The highest BCUT2D eigenvalue weighted by atomic mass is 32.2. The molecule has 0 atom stereocenters. The highest BCUT2D eigenvalue weighted by Crippen LogP contribution is 2.28. The van der Waals surface area contributed by atoms with Gasteiger partial charge in [-0.15, -0.1) is 0 Å². The lowest BCUT2D eigenvalue weighted by molar-refractivity contribution is -0.118. The van der Waals surface area contributed by atoms with E-state index in [0.29, 0.717) is 17.1 Å². The largest absolute Gasteiger partial charge is 0.484 e. The molecule has 1 aliphatic carbocycles. The van der Waals surface area contributed by atoms with Crippen molar-refractivity contribution in [2.75, 3.05) is 30.9 Å². The van der Waals surface area contributed by atoms with E-state index in [1.807, 2.05) is 18.2 Å². The number of primary sulfonamides is 1. The van der Waals surface area contributed by atoms with E-state index in [1.54, 1.807) is 25.1 Å². The Morgan fingerprint density at radius 1 is 1.15 bits per heavy atom. The van der Waals surface area contributed by atoms with Gasteiger partial charge in [0.2, 0.25) is 10.0 Å². The van der Waals surface area contributed by atoms with Crippen LogP contribution in [0, 0.1) is 0 Å². The van der Waals surface area contributed by atoms with Crippen LogP contribution in [-0.4, -0.2) is 35.0 Å². The summed E-state index contributed by atoms with van der Waals surface area (Å²) in [5, 5.41) is 7.88. The van der Waals surface area contributed by atoms with Gasteiger partial charge in [-0.2, -0.15) is 0 Å². The van der Waals surface area contributed by atoms with E-state index in [2.05, 4.69) is 5.32 Å². The predicted octanol–water partition coefficient (Wildman–Crippen LogP) is 1.91. The van der Waals surface area contributed by atoms with Crippen LogP contribution in [0.15, 0.2) is 41.3 Å². The summed E-state index contributed by atoms with van der Waals surface area (Å²) in [6, 6.07) is 10.2. The summed E-state index contributed by atoms with van der Waals surface area (Å²) in [6.45, 7) is -0.175. The van der Waals surface area contributed by atoms with Crippen LogP contribution in [-0.2, 0) is 27.7 Å². The number of ether oxygens (including phenoxy) is 1.